The van der Waals surface area contributed by atoms with Gasteiger partial charge in [-0.25, -0.2) is 9.48 Å². The van der Waals surface area contributed by atoms with E-state index in [0.29, 0.717) is 24.7 Å². The van der Waals surface area contributed by atoms with Crippen molar-refractivity contribution < 1.29 is 9.53 Å². The molecule has 0 fully saturated rings. The van der Waals surface area contributed by atoms with Gasteiger partial charge < -0.3 is 15.8 Å². The van der Waals surface area contributed by atoms with Gasteiger partial charge in [-0.1, -0.05) is 29.8 Å². The molecule has 0 aliphatic heterocycles. The number of rotatable bonds is 5. The minimum Gasteiger partial charge on any atom is -0.465 e. The molecule has 1 heterocycles. The Labute approximate surface area is 123 Å². The maximum absolute atomic E-state index is 11.8. The van der Waals surface area contributed by atoms with Gasteiger partial charge in [-0.05, 0) is 19.4 Å². The lowest BCUT2D eigenvalue weighted by Crippen LogP contribution is -2.10. The number of esters is 1. The molecular weight excluding hydrogens is 268 g/mol. The molecule has 0 amide bonds. The van der Waals surface area contributed by atoms with Crippen LogP contribution in [0.1, 0.15) is 28.4 Å². The largest absolute Gasteiger partial charge is 0.465 e. The minimum atomic E-state index is -0.487. The van der Waals surface area contributed by atoms with E-state index in [1.807, 2.05) is 38.1 Å². The highest BCUT2D eigenvalue weighted by atomic mass is 16.5. The Morgan fingerprint density at radius 2 is 2.05 bits per heavy atom. The Balaban J connectivity index is 2.35. The van der Waals surface area contributed by atoms with E-state index in [-0.39, 0.29) is 5.56 Å². The summed E-state index contributed by atoms with van der Waals surface area (Å²) >= 11 is 0. The first-order chi connectivity index (χ1) is 10.1. The summed E-state index contributed by atoms with van der Waals surface area (Å²) in [5.74, 6) is 0.269. The fourth-order valence-electron chi connectivity index (χ4n) is 2.06. The van der Waals surface area contributed by atoms with Crippen LogP contribution >= 0.6 is 0 Å². The second-order valence-corrected chi connectivity index (χ2v) is 4.77. The van der Waals surface area contributed by atoms with Crippen molar-refractivity contribution in [2.75, 3.05) is 24.7 Å². The van der Waals surface area contributed by atoms with Crippen LogP contribution in [0.4, 0.5) is 11.6 Å². The number of carbonyl (C=O) groups excluding carboxylic acids is 1. The van der Waals surface area contributed by atoms with Crippen molar-refractivity contribution in [3.8, 4) is 0 Å². The third-order valence-corrected chi connectivity index (χ3v) is 3.18. The average Bonchev–Trinajstić information content (AvgIpc) is 2.77. The number of methoxy groups -OCH3 is 1. The number of benzene rings is 1. The number of aryl methyl sites for hydroxylation is 1. The maximum Gasteiger partial charge on any atom is 0.345 e. The Kier molecular flexibility index (Phi) is 4.47. The van der Waals surface area contributed by atoms with Gasteiger partial charge in [0.2, 0.25) is 0 Å². The minimum absolute atomic E-state index is 0.284. The molecule has 0 saturated heterocycles. The molecule has 0 unspecified atom stereocenters. The van der Waals surface area contributed by atoms with Crippen molar-refractivity contribution >= 4 is 17.6 Å². The lowest BCUT2D eigenvalue weighted by atomic mass is 10.1. The van der Waals surface area contributed by atoms with Crippen LogP contribution in [0.25, 0.3) is 0 Å². The van der Waals surface area contributed by atoms with Crippen molar-refractivity contribution in [2.45, 2.75) is 20.4 Å². The van der Waals surface area contributed by atoms with Gasteiger partial charge >= 0.3 is 5.97 Å². The molecule has 21 heavy (non-hydrogen) atoms. The molecule has 0 aliphatic carbocycles. The monoisotopic (exact) mass is 288 g/mol. The van der Waals surface area contributed by atoms with E-state index >= 15 is 0 Å². The summed E-state index contributed by atoms with van der Waals surface area (Å²) in [4.78, 5) is 11.8. The zero-order valence-electron chi connectivity index (χ0n) is 12.5. The number of aromatic nitrogens is 2. The molecule has 6 heteroatoms. The summed E-state index contributed by atoms with van der Waals surface area (Å²) in [6.45, 7) is 5.10. The Bertz CT molecular complexity index is 632. The van der Waals surface area contributed by atoms with Crippen molar-refractivity contribution in [3.05, 3.63) is 41.0 Å². The fourth-order valence-corrected chi connectivity index (χ4v) is 2.06. The molecule has 0 aliphatic rings. The van der Waals surface area contributed by atoms with Crippen molar-refractivity contribution in [1.29, 1.82) is 0 Å². The Morgan fingerprint density at radius 3 is 2.62 bits per heavy atom. The highest BCUT2D eigenvalue weighted by Gasteiger charge is 2.22. The molecule has 1 aromatic heterocycles. The lowest BCUT2D eigenvalue weighted by Gasteiger charge is -2.05. The number of nitrogen functional groups attached to an aromatic ring is 1. The van der Waals surface area contributed by atoms with E-state index in [1.54, 1.807) is 4.68 Å². The summed E-state index contributed by atoms with van der Waals surface area (Å²) in [5, 5.41) is 7.40. The van der Waals surface area contributed by atoms with Gasteiger partial charge in [0.05, 0.1) is 13.7 Å². The highest BCUT2D eigenvalue weighted by Crippen LogP contribution is 2.23. The molecule has 0 saturated carbocycles. The van der Waals surface area contributed by atoms with E-state index < -0.39 is 5.97 Å². The first-order valence-corrected chi connectivity index (χ1v) is 6.80. The third-order valence-electron chi connectivity index (χ3n) is 3.18. The van der Waals surface area contributed by atoms with Crippen molar-refractivity contribution in [2.24, 2.45) is 0 Å². The highest BCUT2D eigenvalue weighted by molar-refractivity contribution is 5.99. The smallest absolute Gasteiger partial charge is 0.345 e. The quantitative estimate of drug-likeness (QED) is 0.823. The maximum atomic E-state index is 11.8. The summed E-state index contributed by atoms with van der Waals surface area (Å²) in [6, 6.07) is 8.09. The van der Waals surface area contributed by atoms with Crippen LogP contribution in [0, 0.1) is 6.92 Å². The van der Waals surface area contributed by atoms with Crippen LogP contribution < -0.4 is 11.1 Å². The summed E-state index contributed by atoms with van der Waals surface area (Å²) < 4.78 is 6.38. The number of nitrogens with one attached hydrogen (secondary N) is 1. The number of nitrogens with two attached hydrogens (primary N) is 1. The molecule has 0 bridgehead atoms. The van der Waals surface area contributed by atoms with Gasteiger partial charge in [-0.2, -0.15) is 5.10 Å². The fraction of sp³-hybridized carbons (Fsp3) is 0.333. The van der Waals surface area contributed by atoms with Gasteiger partial charge in [0.25, 0.3) is 0 Å². The number of ether oxygens (including phenoxy) is 1. The molecular formula is C15H20N4O2. The average molecular weight is 288 g/mol. The number of hydrogen-bond donors (Lipinski definition) is 2. The zero-order valence-corrected chi connectivity index (χ0v) is 12.5. The molecule has 1 aromatic carbocycles. The predicted octanol–water partition coefficient (Wildman–Crippen LogP) is 2.04. The first kappa shape index (κ1) is 14.9. The lowest BCUT2D eigenvalue weighted by molar-refractivity contribution is 0.0603. The summed E-state index contributed by atoms with van der Waals surface area (Å²) in [6.07, 6.45) is 0. The standard InChI is InChI=1S/C15H20N4O2/c1-4-17-14-12(15(20)21-3)13(16)19(18-14)9-11-7-5-10(2)6-8-11/h5-8H,4,9,16H2,1-3H3,(H,17,18). The second kappa shape index (κ2) is 6.30. The van der Waals surface area contributed by atoms with Gasteiger partial charge in [0.1, 0.15) is 11.4 Å². The Hall–Kier alpha value is -2.50. The van der Waals surface area contributed by atoms with E-state index in [0.717, 1.165) is 5.56 Å². The van der Waals surface area contributed by atoms with Gasteiger partial charge in [-0.3, -0.25) is 0 Å². The normalized spacial score (nSPS) is 10.4. The van der Waals surface area contributed by atoms with Crippen LogP contribution in [0.2, 0.25) is 0 Å². The molecule has 0 radical (unpaired) electrons. The predicted molar refractivity (Wildman–Crippen MR) is 82.4 cm³/mol. The summed E-state index contributed by atoms with van der Waals surface area (Å²) in [7, 11) is 1.33. The number of carbonyl (C=O) groups is 1. The van der Waals surface area contributed by atoms with E-state index in [9.17, 15) is 4.79 Å². The third kappa shape index (κ3) is 3.16. The number of nitrogens with zero attached hydrogens (tertiary/aromatic N) is 2. The molecule has 112 valence electrons. The molecule has 0 spiro atoms. The number of hydrogen-bond acceptors (Lipinski definition) is 5. The van der Waals surface area contributed by atoms with Crippen LogP contribution in [-0.2, 0) is 11.3 Å². The SMILES string of the molecule is CCNc1nn(Cc2ccc(C)cc2)c(N)c1C(=O)OC. The summed E-state index contributed by atoms with van der Waals surface area (Å²) in [5.41, 5.74) is 8.59. The van der Waals surface area contributed by atoms with Gasteiger partial charge in [0, 0.05) is 6.54 Å². The molecule has 6 nitrogen and oxygen atoms in total. The van der Waals surface area contributed by atoms with Crippen LogP contribution in [0.15, 0.2) is 24.3 Å². The second-order valence-electron chi connectivity index (χ2n) is 4.77. The Morgan fingerprint density at radius 1 is 1.38 bits per heavy atom. The topological polar surface area (TPSA) is 82.2 Å². The molecule has 3 N–H and O–H groups in total. The zero-order chi connectivity index (χ0) is 15.4. The molecule has 2 aromatic rings. The van der Waals surface area contributed by atoms with Crippen molar-refractivity contribution in [3.63, 3.8) is 0 Å². The van der Waals surface area contributed by atoms with E-state index in [1.165, 1.54) is 12.7 Å². The molecule has 2 rings (SSSR count). The molecule has 0 atom stereocenters. The van der Waals surface area contributed by atoms with E-state index in [4.69, 9.17) is 10.5 Å². The van der Waals surface area contributed by atoms with Crippen LogP contribution in [0.5, 0.6) is 0 Å². The van der Waals surface area contributed by atoms with Gasteiger partial charge in [0.15, 0.2) is 5.82 Å². The number of anilines is 2. The first-order valence-electron chi connectivity index (χ1n) is 6.80. The van der Waals surface area contributed by atoms with Crippen LogP contribution in [-0.4, -0.2) is 29.4 Å². The van der Waals surface area contributed by atoms with Crippen LogP contribution in [0.3, 0.4) is 0 Å². The van der Waals surface area contributed by atoms with Gasteiger partial charge in [-0.15, -0.1) is 0 Å². The van der Waals surface area contributed by atoms with E-state index in [2.05, 4.69) is 10.4 Å². The van der Waals surface area contributed by atoms with Crippen molar-refractivity contribution in [1.82, 2.24) is 9.78 Å².